The molecule has 0 fully saturated rings. The first-order valence-electron chi connectivity index (χ1n) is 4.59. The van der Waals surface area contributed by atoms with Crippen LogP contribution in [0.5, 0.6) is 5.75 Å². The van der Waals surface area contributed by atoms with Crippen LogP contribution < -0.4 is 10.1 Å². The zero-order valence-corrected chi connectivity index (χ0v) is 8.71. The van der Waals surface area contributed by atoms with Crippen LogP contribution in [0, 0.1) is 6.92 Å². The van der Waals surface area contributed by atoms with Crippen molar-refractivity contribution in [3.63, 3.8) is 0 Å². The second-order valence-electron chi connectivity index (χ2n) is 3.06. The summed E-state index contributed by atoms with van der Waals surface area (Å²) >= 11 is 0. The second kappa shape index (κ2) is 5.40. The van der Waals surface area contributed by atoms with E-state index >= 15 is 0 Å². The van der Waals surface area contributed by atoms with E-state index in [9.17, 15) is 0 Å². The lowest BCUT2D eigenvalue weighted by atomic mass is 10.3. The quantitative estimate of drug-likeness (QED) is 0.569. The molecule has 1 rings (SSSR count). The summed E-state index contributed by atoms with van der Waals surface area (Å²) in [5.74, 6) is 0.855. The van der Waals surface area contributed by atoms with Gasteiger partial charge in [0.05, 0.1) is 12.8 Å². The molecule has 0 bridgehead atoms. The monoisotopic (exact) mass is 192 g/mol. The molecular weight excluding hydrogens is 176 g/mol. The zero-order chi connectivity index (χ0) is 10.4. The first-order valence-corrected chi connectivity index (χ1v) is 4.59. The van der Waals surface area contributed by atoms with Gasteiger partial charge < -0.3 is 10.1 Å². The van der Waals surface area contributed by atoms with Crippen LogP contribution in [0.4, 0.5) is 0 Å². The van der Waals surface area contributed by atoms with Gasteiger partial charge in [0.15, 0.2) is 0 Å². The van der Waals surface area contributed by atoms with E-state index in [4.69, 9.17) is 4.74 Å². The Balaban J connectivity index is 2.66. The third kappa shape index (κ3) is 3.18. The molecule has 0 radical (unpaired) electrons. The molecule has 0 aliphatic heterocycles. The molecule has 1 aromatic rings. The second-order valence-corrected chi connectivity index (χ2v) is 3.06. The maximum Gasteiger partial charge on any atom is 0.122 e. The van der Waals surface area contributed by atoms with Crippen LogP contribution >= 0.6 is 0 Å². The molecule has 3 nitrogen and oxygen atoms in total. The highest BCUT2D eigenvalue weighted by atomic mass is 16.5. The van der Waals surface area contributed by atoms with Crippen LogP contribution in [0.3, 0.4) is 0 Å². The summed E-state index contributed by atoms with van der Waals surface area (Å²) < 4.78 is 5.15. The SMILES string of the molecule is C=CCNCc1cc(OC)cc(C)n1. The first-order chi connectivity index (χ1) is 6.76. The number of aryl methyl sites for hydroxylation is 1. The molecule has 0 saturated carbocycles. The fourth-order valence-corrected chi connectivity index (χ4v) is 1.21. The van der Waals surface area contributed by atoms with Crippen LogP contribution in [0.1, 0.15) is 11.4 Å². The number of rotatable bonds is 5. The summed E-state index contributed by atoms with van der Waals surface area (Å²) in [7, 11) is 1.66. The Kier molecular flexibility index (Phi) is 4.13. The largest absolute Gasteiger partial charge is 0.497 e. The van der Waals surface area contributed by atoms with Gasteiger partial charge in [0, 0.05) is 30.9 Å². The van der Waals surface area contributed by atoms with Gasteiger partial charge in [0.25, 0.3) is 0 Å². The van der Waals surface area contributed by atoms with Gasteiger partial charge in [-0.25, -0.2) is 0 Å². The third-order valence-corrected chi connectivity index (χ3v) is 1.81. The molecule has 1 aromatic heterocycles. The molecule has 0 aliphatic rings. The maximum atomic E-state index is 5.15. The van der Waals surface area contributed by atoms with Gasteiger partial charge in [-0.15, -0.1) is 6.58 Å². The number of pyridine rings is 1. The highest BCUT2D eigenvalue weighted by molar-refractivity contribution is 5.26. The van der Waals surface area contributed by atoms with E-state index in [0.717, 1.165) is 30.2 Å². The molecule has 0 spiro atoms. The van der Waals surface area contributed by atoms with Crippen molar-refractivity contribution in [2.75, 3.05) is 13.7 Å². The van der Waals surface area contributed by atoms with Gasteiger partial charge in [-0.2, -0.15) is 0 Å². The fourth-order valence-electron chi connectivity index (χ4n) is 1.21. The Hall–Kier alpha value is -1.35. The van der Waals surface area contributed by atoms with E-state index < -0.39 is 0 Å². The molecule has 0 atom stereocenters. The van der Waals surface area contributed by atoms with E-state index in [2.05, 4.69) is 16.9 Å². The Morgan fingerprint density at radius 3 is 3.00 bits per heavy atom. The average Bonchev–Trinajstić information content (AvgIpc) is 2.17. The Morgan fingerprint density at radius 2 is 2.36 bits per heavy atom. The smallest absolute Gasteiger partial charge is 0.122 e. The molecule has 14 heavy (non-hydrogen) atoms. The van der Waals surface area contributed by atoms with Crippen molar-refractivity contribution in [3.8, 4) is 5.75 Å². The Bertz CT molecular complexity index is 310. The van der Waals surface area contributed by atoms with Gasteiger partial charge in [-0.1, -0.05) is 6.08 Å². The van der Waals surface area contributed by atoms with Crippen molar-refractivity contribution in [1.29, 1.82) is 0 Å². The number of hydrogen-bond acceptors (Lipinski definition) is 3. The summed E-state index contributed by atoms with van der Waals surface area (Å²) in [6.45, 7) is 7.12. The lowest BCUT2D eigenvalue weighted by molar-refractivity contribution is 0.413. The van der Waals surface area contributed by atoms with Crippen molar-refractivity contribution in [1.82, 2.24) is 10.3 Å². The van der Waals surface area contributed by atoms with Crippen LogP contribution in [0.25, 0.3) is 0 Å². The predicted molar refractivity (Wildman–Crippen MR) is 57.4 cm³/mol. The Morgan fingerprint density at radius 1 is 1.57 bits per heavy atom. The lowest BCUT2D eigenvalue weighted by Gasteiger charge is -2.06. The number of methoxy groups -OCH3 is 1. The molecule has 1 N–H and O–H groups in total. The molecular formula is C11H16N2O. The van der Waals surface area contributed by atoms with Crippen molar-refractivity contribution in [2.45, 2.75) is 13.5 Å². The number of ether oxygens (including phenoxy) is 1. The normalized spacial score (nSPS) is 9.86. The highest BCUT2D eigenvalue weighted by Gasteiger charge is 1.99. The van der Waals surface area contributed by atoms with Gasteiger partial charge in [-0.05, 0) is 6.92 Å². The standard InChI is InChI=1S/C11H16N2O/c1-4-5-12-8-10-7-11(14-3)6-9(2)13-10/h4,6-7,12H,1,5,8H2,2-3H3. The summed E-state index contributed by atoms with van der Waals surface area (Å²) in [6.07, 6.45) is 1.83. The minimum atomic E-state index is 0.740. The van der Waals surface area contributed by atoms with Crippen LogP contribution in [0.15, 0.2) is 24.8 Å². The molecule has 3 heteroatoms. The van der Waals surface area contributed by atoms with Crippen LogP contribution in [-0.4, -0.2) is 18.6 Å². The first kappa shape index (κ1) is 10.7. The topological polar surface area (TPSA) is 34.1 Å². The van der Waals surface area contributed by atoms with Crippen molar-refractivity contribution in [3.05, 3.63) is 36.2 Å². The van der Waals surface area contributed by atoms with E-state index in [1.54, 1.807) is 7.11 Å². The van der Waals surface area contributed by atoms with E-state index in [1.807, 2.05) is 25.1 Å². The van der Waals surface area contributed by atoms with Crippen molar-refractivity contribution < 1.29 is 4.74 Å². The fraction of sp³-hybridized carbons (Fsp3) is 0.364. The Labute approximate surface area is 84.8 Å². The summed E-state index contributed by atoms with van der Waals surface area (Å²) in [5, 5.41) is 3.19. The summed E-state index contributed by atoms with van der Waals surface area (Å²) in [5.41, 5.74) is 1.96. The summed E-state index contributed by atoms with van der Waals surface area (Å²) in [4.78, 5) is 4.38. The molecule has 0 aromatic carbocycles. The van der Waals surface area contributed by atoms with Crippen LogP contribution in [0.2, 0.25) is 0 Å². The highest BCUT2D eigenvalue weighted by Crippen LogP contribution is 2.12. The van der Waals surface area contributed by atoms with Crippen molar-refractivity contribution >= 4 is 0 Å². The van der Waals surface area contributed by atoms with Gasteiger partial charge in [0.2, 0.25) is 0 Å². The third-order valence-electron chi connectivity index (χ3n) is 1.81. The minimum absolute atomic E-state index is 0.740. The summed E-state index contributed by atoms with van der Waals surface area (Å²) in [6, 6.07) is 3.85. The number of hydrogen-bond donors (Lipinski definition) is 1. The predicted octanol–water partition coefficient (Wildman–Crippen LogP) is 1.67. The molecule has 0 amide bonds. The van der Waals surface area contributed by atoms with Crippen molar-refractivity contribution in [2.24, 2.45) is 0 Å². The molecule has 0 aliphatic carbocycles. The van der Waals surface area contributed by atoms with E-state index in [-0.39, 0.29) is 0 Å². The molecule has 0 unspecified atom stereocenters. The number of nitrogens with one attached hydrogen (secondary N) is 1. The molecule has 76 valence electrons. The van der Waals surface area contributed by atoms with Gasteiger partial charge in [0.1, 0.15) is 5.75 Å². The zero-order valence-electron chi connectivity index (χ0n) is 8.71. The van der Waals surface area contributed by atoms with Gasteiger partial charge >= 0.3 is 0 Å². The number of aromatic nitrogens is 1. The molecule has 1 heterocycles. The minimum Gasteiger partial charge on any atom is -0.497 e. The van der Waals surface area contributed by atoms with E-state index in [0.29, 0.717) is 0 Å². The average molecular weight is 192 g/mol. The van der Waals surface area contributed by atoms with Crippen LogP contribution in [-0.2, 0) is 6.54 Å². The number of nitrogens with zero attached hydrogens (tertiary/aromatic N) is 1. The van der Waals surface area contributed by atoms with Gasteiger partial charge in [-0.3, -0.25) is 4.98 Å². The maximum absolute atomic E-state index is 5.15. The molecule has 0 saturated heterocycles. The van der Waals surface area contributed by atoms with E-state index in [1.165, 1.54) is 0 Å². The lowest BCUT2D eigenvalue weighted by Crippen LogP contribution is -2.14.